The molecule has 61 heteroatoms. The number of nitrogens with zero attached hydrogens (tertiary/aromatic N) is 12. The number of phosphoric ester groups is 3. The first-order valence-corrected chi connectivity index (χ1v) is 45.6. The normalized spacial score (nSPS) is 21.1. The van der Waals surface area contributed by atoms with E-state index in [1.807, 2.05) is 0 Å². The van der Waals surface area contributed by atoms with E-state index in [4.69, 9.17) is 129 Å². The number of aliphatic hydroxyl groups is 2. The molecule has 9 heterocycles. The van der Waals surface area contributed by atoms with Gasteiger partial charge in [0.05, 0.1) is 91.7 Å². The number of esters is 10. The first-order valence-electron chi connectivity index (χ1n) is 41.3. The number of ether oxygens (including phenoxy) is 15. The van der Waals surface area contributed by atoms with Gasteiger partial charge in [-0.1, -0.05) is 0 Å². The Morgan fingerprint density at radius 3 is 0.905 bits per heavy atom. The number of nitrogens with two attached hydrogens (primary N) is 3. The van der Waals surface area contributed by atoms with Crippen LogP contribution in [-0.2, 0) is 193 Å². The van der Waals surface area contributed by atoms with Crippen LogP contribution in [0.5, 0.6) is 0 Å². The van der Waals surface area contributed by atoms with Crippen molar-refractivity contribution >= 4 is 157 Å². The van der Waals surface area contributed by atoms with Crippen LogP contribution in [0.1, 0.15) is 116 Å². The van der Waals surface area contributed by atoms with Gasteiger partial charge in [-0.05, 0) is 55.4 Å². The Balaban J connectivity index is 1.26. The van der Waals surface area contributed by atoms with Gasteiger partial charge in [-0.2, -0.15) is 0 Å². The van der Waals surface area contributed by atoms with Crippen LogP contribution in [0, 0.1) is 21.7 Å². The van der Waals surface area contributed by atoms with E-state index in [-0.39, 0.29) is 50.9 Å². The Hall–Kier alpha value is -11.5. The molecule has 0 amide bonds. The lowest BCUT2D eigenvalue weighted by atomic mass is 9.82. The number of anilines is 3. The number of nitrogen functional groups attached to an aromatic ring is 3. The molecule has 0 aliphatic carbocycles. The second-order valence-corrected chi connectivity index (χ2v) is 35.1. The van der Waals surface area contributed by atoms with Crippen molar-refractivity contribution in [2.45, 2.75) is 171 Å². The highest BCUT2D eigenvalue weighted by molar-refractivity contribution is 7.49. The molecule has 0 bridgehead atoms. The molecule has 9 rings (SSSR count). The first kappa shape index (κ1) is 109. The molecule has 14 atom stereocenters. The number of imidazole rings is 3. The van der Waals surface area contributed by atoms with Crippen molar-refractivity contribution in [1.29, 1.82) is 0 Å². The topological polar surface area (TPSA) is 761 Å². The number of fused-ring (bicyclic) bond motifs is 3. The van der Waals surface area contributed by atoms with Gasteiger partial charge in [0.1, 0.15) is 151 Å². The van der Waals surface area contributed by atoms with Gasteiger partial charge in [-0.15, -0.1) is 0 Å². The van der Waals surface area contributed by atoms with E-state index < -0.39 is 314 Å². The average molecular weight is 2010 g/mol. The molecule has 6 aromatic rings. The second-order valence-electron chi connectivity index (χ2n) is 30.2. The van der Waals surface area contributed by atoms with E-state index in [1.165, 1.54) is 27.7 Å². The molecule has 0 spiro atoms. The van der Waals surface area contributed by atoms with E-state index in [1.54, 1.807) is 0 Å². The summed E-state index contributed by atoms with van der Waals surface area (Å²) in [6.07, 6.45) is -19.7. The fraction of sp³-hybridized carbons (Fsp3) is 0.618. The minimum Gasteiger partial charge on any atom is -0.465 e. The van der Waals surface area contributed by atoms with E-state index >= 15 is 13.7 Å². The van der Waals surface area contributed by atoms with Gasteiger partial charge in [0.25, 0.3) is 0 Å². The Bertz CT molecular complexity index is 5460. The predicted molar refractivity (Wildman–Crippen MR) is 446 cm³/mol. The highest BCUT2D eigenvalue weighted by Crippen LogP contribution is 2.60. The molecule has 0 saturated carbocycles. The summed E-state index contributed by atoms with van der Waals surface area (Å²) in [4.78, 5) is 226. The van der Waals surface area contributed by atoms with Crippen LogP contribution in [0.2, 0.25) is 0 Å². The molecule has 3 aliphatic heterocycles. The molecule has 754 valence electrons. The zero-order valence-electron chi connectivity index (χ0n) is 76.0. The molecular formula is C76H102N15O43P3. The fourth-order valence-electron chi connectivity index (χ4n) is 13.4. The van der Waals surface area contributed by atoms with Gasteiger partial charge in [0.15, 0.2) is 66.7 Å². The van der Waals surface area contributed by atoms with Crippen molar-refractivity contribution in [1.82, 2.24) is 58.6 Å². The van der Waals surface area contributed by atoms with Crippen LogP contribution in [0.3, 0.4) is 0 Å². The van der Waals surface area contributed by atoms with Crippen LogP contribution < -0.4 is 17.2 Å². The maximum absolute atomic E-state index is 17.2. The summed E-state index contributed by atoms with van der Waals surface area (Å²) in [5.41, 5.74) is 6.29. The quantitative estimate of drug-likeness (QED) is 0.0114. The van der Waals surface area contributed by atoms with E-state index in [0.717, 1.165) is 121 Å². The Labute approximate surface area is 775 Å². The van der Waals surface area contributed by atoms with Gasteiger partial charge in [-0.25, -0.2) is 58.6 Å². The van der Waals surface area contributed by atoms with Crippen molar-refractivity contribution < 1.29 is 203 Å². The molecule has 6 aromatic heterocycles. The minimum atomic E-state index is -6.37. The highest BCUT2D eigenvalue weighted by Gasteiger charge is 2.61. The van der Waals surface area contributed by atoms with Crippen molar-refractivity contribution in [2.75, 3.05) is 130 Å². The molecular weight excluding hydrogens is 1900 g/mol. The monoisotopic (exact) mass is 2010 g/mol. The number of phosphoric acid groups is 3. The largest absolute Gasteiger partial charge is 0.475 e. The Kier molecular flexibility index (Phi) is 37.6. The standard InChI is InChI=1S/C76H102N15O43P3/c1-15-111-69(104)75(24-117-44(11)98,70(105)112-16-2)28-128-136(109,124-19-48-54(102)55(103)66(130-48)89-33-86-51-60(77)80-30-83-63(51)89)133-59-57(122-37-120-47(14)101)50(132-68(59)91-35-88-53-62(79)82-32-85-65(53)91)21-125-137(110,129-29-76(25-118-45(12)99,71(106)113-17-3)72(107)114-18-4)134-58-56(121-36-119-46(13)100)49(131-67(58)90-34-87-52-61(78)81-31-84-64(52)90)20-123-135(108,126-26-73(38(5)92,39(6)93)22-115-42(9)96)127-27-74(40(7)94,41(8)95)23-116-43(10)97/h30-35,48-50,54-59,66-68,102-103H,15-29,36-37H2,1-14H3,(H2,77,80,83)(H2,78,81,84)(H2,79,82,85)/t48-,49+,50+,54+,55+,56+,57+,58+,59+,66+,67+,68+,136?,137?/m0/s1. The third kappa shape index (κ3) is 25.7. The summed E-state index contributed by atoms with van der Waals surface area (Å²) in [6.45, 7) is -5.76. The summed E-state index contributed by atoms with van der Waals surface area (Å²) in [5.74, 6) is -18.0. The summed E-state index contributed by atoms with van der Waals surface area (Å²) >= 11 is 0. The highest BCUT2D eigenvalue weighted by atomic mass is 31.2. The minimum absolute atomic E-state index is 0.00446. The zero-order valence-corrected chi connectivity index (χ0v) is 78.7. The van der Waals surface area contributed by atoms with Crippen LogP contribution in [-0.4, -0.2) is 319 Å². The number of carbonyl (C=O) groups excluding carboxylic acids is 14. The second kappa shape index (κ2) is 47.2. The molecule has 0 radical (unpaired) electrons. The van der Waals surface area contributed by atoms with Crippen LogP contribution in [0.15, 0.2) is 38.0 Å². The number of Topliss-reactive ketones (excluding diaryl/α,β-unsaturated/α-hetero) is 4. The molecule has 137 heavy (non-hydrogen) atoms. The first-order chi connectivity index (χ1) is 64.7. The maximum Gasteiger partial charge on any atom is 0.475 e. The summed E-state index contributed by atoms with van der Waals surface area (Å²) < 4.78 is 193. The summed E-state index contributed by atoms with van der Waals surface area (Å²) in [7, 11) is -18.3. The van der Waals surface area contributed by atoms with Gasteiger partial charge in [0.2, 0.25) is 10.8 Å². The number of hydrogen-bond acceptors (Lipinski definition) is 55. The third-order valence-corrected chi connectivity index (χ3v) is 25.1. The number of aliphatic hydroxyl groups excluding tert-OH is 2. The number of rotatable bonds is 54. The molecule has 3 saturated heterocycles. The van der Waals surface area contributed by atoms with E-state index in [9.17, 15) is 77.3 Å². The molecule has 8 N–H and O–H groups in total. The fourth-order valence-corrected chi connectivity index (χ4v) is 17.5. The number of hydrogen-bond donors (Lipinski definition) is 5. The zero-order chi connectivity index (χ0) is 101. The van der Waals surface area contributed by atoms with E-state index in [2.05, 4.69) is 44.9 Å². The SMILES string of the molecule is CCOC(=O)C(COC(C)=O)(COP(=O)(OC[C@H]1O[C@@H](n2cnc3c(N)ncnc32)[C@H](OP(=O)(OC[C@@H]2O[C@@H](n3cnc4c(N)ncnc43)[C@H](O)[C@@H]2O)OCC(COC(C)=O)(C(=O)OCC)C(=O)OCC)[C@@H]1OCOC(C)=O)O[C@@H]1[C@H](OCOC(C)=O)[C@@H](COP(=O)(OCC(COC(C)=O)(C(C)=O)C(C)=O)OCC(COC(C)=O)(C(C)=O)C(C)=O)O[C@H]1n1cnc2c(N)ncnc21)C(=O)OCC. The summed E-state index contributed by atoms with van der Waals surface area (Å²) in [6, 6.07) is 0. The van der Waals surface area contributed by atoms with Crippen LogP contribution in [0.4, 0.5) is 17.5 Å². The maximum atomic E-state index is 17.2. The van der Waals surface area contributed by atoms with Gasteiger partial charge >= 0.3 is 83.2 Å². The molecule has 3 fully saturated rings. The van der Waals surface area contributed by atoms with Gasteiger partial charge < -0.3 is 98.5 Å². The smallest absolute Gasteiger partial charge is 0.465 e. The molecule has 3 aliphatic rings. The average Bonchev–Trinajstić information content (AvgIpc) is 1.62. The Morgan fingerprint density at radius 2 is 0.606 bits per heavy atom. The van der Waals surface area contributed by atoms with Crippen LogP contribution in [0.25, 0.3) is 33.5 Å². The van der Waals surface area contributed by atoms with Crippen LogP contribution >= 0.6 is 23.5 Å². The van der Waals surface area contributed by atoms with Crippen molar-refractivity contribution in [2.24, 2.45) is 21.7 Å². The number of carbonyl (C=O) groups is 14. The van der Waals surface area contributed by atoms with E-state index in [0.29, 0.717) is 0 Å². The molecule has 2 unspecified atom stereocenters. The predicted octanol–water partition coefficient (Wildman–Crippen LogP) is 0.496. The van der Waals surface area contributed by atoms with Crippen molar-refractivity contribution in [3.8, 4) is 0 Å². The third-order valence-electron chi connectivity index (χ3n) is 21.0. The lowest BCUT2D eigenvalue weighted by molar-refractivity contribution is -0.184. The number of aromatic nitrogens is 12. The molecule has 0 aromatic carbocycles. The van der Waals surface area contributed by atoms with Crippen molar-refractivity contribution in [3.63, 3.8) is 0 Å². The number of ketones is 4. The van der Waals surface area contributed by atoms with Crippen molar-refractivity contribution in [3.05, 3.63) is 38.0 Å². The lowest BCUT2D eigenvalue weighted by Crippen LogP contribution is -2.49. The summed E-state index contributed by atoms with van der Waals surface area (Å²) in [5, 5.41) is 23.5. The van der Waals surface area contributed by atoms with Gasteiger partial charge in [0, 0.05) is 41.5 Å². The van der Waals surface area contributed by atoms with Gasteiger partial charge in [-0.3, -0.25) is 122 Å². The molecule has 58 nitrogen and oxygen atoms in total. The lowest BCUT2D eigenvalue weighted by Gasteiger charge is -2.33. The Morgan fingerprint density at radius 1 is 0.336 bits per heavy atom.